The number of rotatable bonds is 8. The first-order valence-electron chi connectivity index (χ1n) is 6.26. The van der Waals surface area contributed by atoms with E-state index in [2.05, 4.69) is 0 Å². The van der Waals surface area contributed by atoms with Gasteiger partial charge in [0.1, 0.15) is 5.69 Å². The molecule has 1 aromatic rings. The van der Waals surface area contributed by atoms with E-state index in [4.69, 9.17) is 14.7 Å². The zero-order valence-corrected chi connectivity index (χ0v) is 11.7. The smallest absolute Gasteiger partial charge is 0.150 e. The summed E-state index contributed by atoms with van der Waals surface area (Å²) in [6.45, 7) is 1.66. The molecule has 0 amide bonds. The molecule has 0 heterocycles. The molecule has 1 rings (SSSR count). The van der Waals surface area contributed by atoms with E-state index in [1.165, 1.54) is 7.11 Å². The standard InChI is InChI=1S/C14H18F2N2O2/c1-19-6-3-4-18(5-7-20-2)14-12(15)8-11(10-17)9-13(14)16/h8-9H,3-7H2,1-2H3. The van der Waals surface area contributed by atoms with Crippen molar-refractivity contribution in [1.82, 2.24) is 0 Å². The molecule has 0 N–H and O–H groups in total. The molecule has 20 heavy (non-hydrogen) atoms. The lowest BCUT2D eigenvalue weighted by Gasteiger charge is -2.25. The van der Waals surface area contributed by atoms with Crippen LogP contribution < -0.4 is 4.90 Å². The summed E-state index contributed by atoms with van der Waals surface area (Å²) in [5, 5.41) is 8.70. The normalized spacial score (nSPS) is 10.3. The summed E-state index contributed by atoms with van der Waals surface area (Å²) in [6, 6.07) is 3.80. The zero-order chi connectivity index (χ0) is 15.0. The first-order valence-corrected chi connectivity index (χ1v) is 6.26. The molecule has 0 saturated carbocycles. The van der Waals surface area contributed by atoms with Crippen molar-refractivity contribution in [2.24, 2.45) is 0 Å². The highest BCUT2D eigenvalue weighted by Gasteiger charge is 2.18. The van der Waals surface area contributed by atoms with E-state index in [9.17, 15) is 8.78 Å². The van der Waals surface area contributed by atoms with Gasteiger partial charge in [0.2, 0.25) is 0 Å². The molecule has 0 spiro atoms. The Kier molecular flexibility index (Phi) is 6.91. The molecular weight excluding hydrogens is 266 g/mol. The molecule has 0 aliphatic rings. The van der Waals surface area contributed by atoms with Crippen molar-refractivity contribution in [2.75, 3.05) is 45.4 Å². The van der Waals surface area contributed by atoms with Crippen LogP contribution in [0.25, 0.3) is 0 Å². The number of methoxy groups -OCH3 is 2. The summed E-state index contributed by atoms with van der Waals surface area (Å²) in [6.07, 6.45) is 0.638. The Morgan fingerprint density at radius 2 is 1.70 bits per heavy atom. The molecule has 0 atom stereocenters. The van der Waals surface area contributed by atoms with E-state index in [-0.39, 0.29) is 11.3 Å². The fraction of sp³-hybridized carbons (Fsp3) is 0.500. The number of nitrogens with zero attached hydrogens (tertiary/aromatic N) is 2. The Morgan fingerprint density at radius 1 is 1.10 bits per heavy atom. The fourth-order valence-electron chi connectivity index (χ4n) is 1.87. The maximum absolute atomic E-state index is 14.0. The highest BCUT2D eigenvalue weighted by atomic mass is 19.1. The number of hydrogen-bond acceptors (Lipinski definition) is 4. The summed E-state index contributed by atoms with van der Waals surface area (Å²) >= 11 is 0. The van der Waals surface area contributed by atoms with Crippen molar-refractivity contribution in [3.63, 3.8) is 0 Å². The number of benzene rings is 1. The number of nitriles is 1. The molecule has 0 bridgehead atoms. The second kappa shape index (κ2) is 8.46. The Labute approximate surface area is 117 Å². The summed E-state index contributed by atoms with van der Waals surface area (Å²) < 4.78 is 37.9. The van der Waals surface area contributed by atoms with Gasteiger partial charge in [-0.2, -0.15) is 5.26 Å². The maximum Gasteiger partial charge on any atom is 0.150 e. The van der Waals surface area contributed by atoms with Gasteiger partial charge in [-0.15, -0.1) is 0 Å². The summed E-state index contributed by atoms with van der Waals surface area (Å²) in [4.78, 5) is 1.56. The van der Waals surface area contributed by atoms with Crippen molar-refractivity contribution < 1.29 is 18.3 Å². The van der Waals surface area contributed by atoms with Gasteiger partial charge in [-0.1, -0.05) is 0 Å². The van der Waals surface area contributed by atoms with Crippen molar-refractivity contribution in [3.05, 3.63) is 29.3 Å². The van der Waals surface area contributed by atoms with E-state index in [0.29, 0.717) is 32.7 Å². The van der Waals surface area contributed by atoms with Crippen LogP contribution in [0.2, 0.25) is 0 Å². The van der Waals surface area contributed by atoms with Crippen LogP contribution in [0.15, 0.2) is 12.1 Å². The monoisotopic (exact) mass is 284 g/mol. The Hall–Kier alpha value is -1.71. The second-order valence-corrected chi connectivity index (χ2v) is 4.23. The highest BCUT2D eigenvalue weighted by molar-refractivity contribution is 5.52. The van der Waals surface area contributed by atoms with Crippen LogP contribution in [0, 0.1) is 23.0 Å². The molecule has 0 aliphatic carbocycles. The zero-order valence-electron chi connectivity index (χ0n) is 11.7. The molecule has 0 unspecified atom stereocenters. The van der Waals surface area contributed by atoms with Gasteiger partial charge in [0.25, 0.3) is 0 Å². The lowest BCUT2D eigenvalue weighted by molar-refractivity contribution is 0.190. The summed E-state index contributed by atoms with van der Waals surface area (Å²) in [5.74, 6) is -1.48. The predicted molar refractivity (Wildman–Crippen MR) is 71.7 cm³/mol. The fourth-order valence-corrected chi connectivity index (χ4v) is 1.87. The van der Waals surface area contributed by atoms with Gasteiger partial charge < -0.3 is 14.4 Å². The first-order chi connectivity index (χ1) is 9.63. The van der Waals surface area contributed by atoms with Crippen LogP contribution in [0.3, 0.4) is 0 Å². The SMILES string of the molecule is COCCCN(CCOC)c1c(F)cc(C#N)cc1F. The Morgan fingerprint density at radius 3 is 2.20 bits per heavy atom. The molecule has 1 aromatic carbocycles. The lowest BCUT2D eigenvalue weighted by atomic mass is 10.1. The number of hydrogen-bond donors (Lipinski definition) is 0. The van der Waals surface area contributed by atoms with Gasteiger partial charge in [-0.05, 0) is 18.6 Å². The lowest BCUT2D eigenvalue weighted by Crippen LogP contribution is -2.30. The molecule has 110 valence electrons. The molecule has 0 aromatic heterocycles. The minimum absolute atomic E-state index is 0.0349. The Bertz CT molecular complexity index is 452. The van der Waals surface area contributed by atoms with E-state index in [1.54, 1.807) is 18.1 Å². The van der Waals surface area contributed by atoms with Crippen LogP contribution in [-0.2, 0) is 9.47 Å². The molecule has 0 saturated heterocycles. The van der Waals surface area contributed by atoms with Gasteiger partial charge in [0, 0.05) is 33.9 Å². The minimum atomic E-state index is -0.741. The Balaban J connectivity index is 2.97. The van der Waals surface area contributed by atoms with Crippen molar-refractivity contribution in [3.8, 4) is 6.07 Å². The summed E-state index contributed by atoms with van der Waals surface area (Å²) in [5.41, 5.74) is -0.163. The van der Waals surface area contributed by atoms with Gasteiger partial charge in [0.15, 0.2) is 11.6 Å². The summed E-state index contributed by atoms with van der Waals surface area (Å²) in [7, 11) is 3.10. The number of ether oxygens (including phenoxy) is 2. The molecule has 4 nitrogen and oxygen atoms in total. The minimum Gasteiger partial charge on any atom is -0.385 e. The molecule has 0 aliphatic heterocycles. The number of halogens is 2. The number of anilines is 1. The third-order valence-electron chi connectivity index (χ3n) is 2.80. The van der Waals surface area contributed by atoms with Gasteiger partial charge in [-0.3, -0.25) is 0 Å². The largest absolute Gasteiger partial charge is 0.385 e. The van der Waals surface area contributed by atoms with Crippen LogP contribution in [0.5, 0.6) is 0 Å². The van der Waals surface area contributed by atoms with Crippen molar-refractivity contribution in [2.45, 2.75) is 6.42 Å². The van der Waals surface area contributed by atoms with Crippen LogP contribution in [-0.4, -0.2) is 40.5 Å². The molecular formula is C14H18F2N2O2. The first kappa shape index (κ1) is 16.3. The molecule has 6 heteroatoms. The van der Waals surface area contributed by atoms with E-state index < -0.39 is 11.6 Å². The third-order valence-corrected chi connectivity index (χ3v) is 2.80. The third kappa shape index (κ3) is 4.44. The molecule has 0 radical (unpaired) electrons. The van der Waals surface area contributed by atoms with Crippen LogP contribution in [0.1, 0.15) is 12.0 Å². The average Bonchev–Trinajstić information content (AvgIpc) is 2.43. The van der Waals surface area contributed by atoms with Gasteiger partial charge in [-0.25, -0.2) is 8.78 Å². The van der Waals surface area contributed by atoms with E-state index >= 15 is 0 Å². The quantitative estimate of drug-likeness (QED) is 0.687. The van der Waals surface area contributed by atoms with E-state index in [1.807, 2.05) is 0 Å². The van der Waals surface area contributed by atoms with Crippen LogP contribution in [0.4, 0.5) is 14.5 Å². The highest BCUT2D eigenvalue weighted by Crippen LogP contribution is 2.25. The van der Waals surface area contributed by atoms with Crippen LogP contribution >= 0.6 is 0 Å². The second-order valence-electron chi connectivity index (χ2n) is 4.23. The average molecular weight is 284 g/mol. The van der Waals surface area contributed by atoms with Gasteiger partial charge in [0.05, 0.1) is 18.2 Å². The van der Waals surface area contributed by atoms with E-state index in [0.717, 1.165) is 12.1 Å². The van der Waals surface area contributed by atoms with Crippen molar-refractivity contribution >= 4 is 5.69 Å². The topological polar surface area (TPSA) is 45.5 Å². The predicted octanol–water partition coefficient (Wildman–Crippen LogP) is 2.33. The molecule has 0 fully saturated rings. The maximum atomic E-state index is 14.0. The van der Waals surface area contributed by atoms with Gasteiger partial charge >= 0.3 is 0 Å². The van der Waals surface area contributed by atoms with Crippen molar-refractivity contribution in [1.29, 1.82) is 5.26 Å².